The molecule has 1 amide bonds. The van der Waals surface area contributed by atoms with Gasteiger partial charge in [-0.05, 0) is 30.7 Å². The summed E-state index contributed by atoms with van der Waals surface area (Å²) in [6.07, 6.45) is 1.66. The van der Waals surface area contributed by atoms with E-state index in [1.807, 2.05) is 32.0 Å². The van der Waals surface area contributed by atoms with E-state index < -0.39 is 0 Å². The van der Waals surface area contributed by atoms with Crippen LogP contribution in [0.4, 0.5) is 10.8 Å². The van der Waals surface area contributed by atoms with E-state index in [0.717, 1.165) is 11.3 Å². The van der Waals surface area contributed by atoms with Crippen LogP contribution in [-0.4, -0.2) is 47.2 Å². The van der Waals surface area contributed by atoms with Crippen molar-refractivity contribution < 1.29 is 4.79 Å². The summed E-state index contributed by atoms with van der Waals surface area (Å²) in [6, 6.07) is 5.35. The maximum absolute atomic E-state index is 12.0. The highest BCUT2D eigenvalue weighted by molar-refractivity contribution is 8.01. The van der Waals surface area contributed by atoms with E-state index in [-0.39, 0.29) is 11.7 Å². The van der Waals surface area contributed by atoms with E-state index in [0.29, 0.717) is 14.5 Å². The number of nitrogens with zero attached hydrogens (tertiary/aromatic N) is 4. The molecule has 9 heteroatoms. The van der Waals surface area contributed by atoms with Crippen LogP contribution >= 0.6 is 34.7 Å². The molecule has 0 aliphatic rings. The first-order chi connectivity index (χ1) is 10.9. The Morgan fingerprint density at radius 3 is 2.96 bits per heavy atom. The fourth-order valence-corrected chi connectivity index (χ4v) is 3.27. The highest BCUT2D eigenvalue weighted by Gasteiger charge is 2.09. The lowest BCUT2D eigenvalue weighted by Crippen LogP contribution is -2.14. The Bertz CT molecular complexity index is 717. The van der Waals surface area contributed by atoms with Gasteiger partial charge in [-0.1, -0.05) is 34.7 Å². The molecule has 0 fully saturated rings. The standard InChI is InChI=1S/C14H16ClN5OS2/c1-9-6-10(15)4-5-11(9)17-12(21)7-22-14-19-18-13(23-14)16-8-20(2)3/h4-6,8H,7H2,1-3H3,(H,17,21)/b16-8+. The number of aliphatic imine (C=N–C) groups is 1. The molecule has 0 aliphatic heterocycles. The summed E-state index contributed by atoms with van der Waals surface area (Å²) in [6.45, 7) is 1.90. The monoisotopic (exact) mass is 369 g/mol. The molecular weight excluding hydrogens is 354 g/mol. The Labute approximate surface area is 148 Å². The predicted octanol–water partition coefficient (Wildman–Crippen LogP) is 3.45. The molecular formula is C14H16ClN5OS2. The van der Waals surface area contributed by atoms with Crippen LogP contribution in [0.2, 0.25) is 5.02 Å². The third kappa shape index (κ3) is 5.81. The van der Waals surface area contributed by atoms with Crippen LogP contribution in [0.3, 0.4) is 0 Å². The lowest BCUT2D eigenvalue weighted by atomic mass is 10.2. The Hall–Kier alpha value is -1.64. The van der Waals surface area contributed by atoms with E-state index in [1.165, 1.54) is 23.1 Å². The van der Waals surface area contributed by atoms with Crippen molar-refractivity contribution in [2.75, 3.05) is 25.2 Å². The van der Waals surface area contributed by atoms with Crippen LogP contribution in [0.25, 0.3) is 0 Å². The van der Waals surface area contributed by atoms with E-state index in [1.54, 1.807) is 18.5 Å². The fraction of sp³-hybridized carbons (Fsp3) is 0.286. The second kappa shape index (κ2) is 8.28. The number of carbonyl (C=O) groups is 1. The van der Waals surface area contributed by atoms with E-state index >= 15 is 0 Å². The number of nitrogens with one attached hydrogen (secondary N) is 1. The number of hydrogen-bond acceptors (Lipinski definition) is 6. The van der Waals surface area contributed by atoms with Crippen LogP contribution in [0.1, 0.15) is 5.56 Å². The Balaban J connectivity index is 1.87. The molecule has 6 nitrogen and oxygen atoms in total. The second-order valence-electron chi connectivity index (χ2n) is 4.85. The molecule has 1 N–H and O–H groups in total. The van der Waals surface area contributed by atoms with Crippen LogP contribution in [-0.2, 0) is 4.79 Å². The van der Waals surface area contributed by atoms with Gasteiger partial charge in [0.1, 0.15) is 0 Å². The Morgan fingerprint density at radius 2 is 2.26 bits per heavy atom. The Kier molecular flexibility index (Phi) is 6.37. The summed E-state index contributed by atoms with van der Waals surface area (Å²) < 4.78 is 0.707. The van der Waals surface area contributed by atoms with Crippen molar-refractivity contribution in [1.82, 2.24) is 15.1 Å². The van der Waals surface area contributed by atoms with Crippen molar-refractivity contribution >= 4 is 57.8 Å². The summed E-state index contributed by atoms with van der Waals surface area (Å²) >= 11 is 8.58. The van der Waals surface area contributed by atoms with Crippen molar-refractivity contribution in [3.8, 4) is 0 Å². The number of aryl methyl sites for hydroxylation is 1. The van der Waals surface area contributed by atoms with E-state index in [4.69, 9.17) is 11.6 Å². The zero-order chi connectivity index (χ0) is 16.8. The number of thioether (sulfide) groups is 1. The van der Waals surface area contributed by atoms with Crippen molar-refractivity contribution in [3.05, 3.63) is 28.8 Å². The van der Waals surface area contributed by atoms with Gasteiger partial charge in [-0.2, -0.15) is 0 Å². The largest absolute Gasteiger partial charge is 0.369 e. The number of hydrogen-bond donors (Lipinski definition) is 1. The molecule has 1 aromatic carbocycles. The average Bonchev–Trinajstić information content (AvgIpc) is 2.94. The molecule has 122 valence electrons. The van der Waals surface area contributed by atoms with Gasteiger partial charge in [0.25, 0.3) is 0 Å². The number of carbonyl (C=O) groups excluding carboxylic acids is 1. The number of aromatic nitrogens is 2. The molecule has 0 spiro atoms. The molecule has 2 aromatic rings. The van der Waals surface area contributed by atoms with Gasteiger partial charge in [0.05, 0.1) is 12.1 Å². The minimum atomic E-state index is -0.103. The van der Waals surface area contributed by atoms with Gasteiger partial charge >= 0.3 is 0 Å². The van der Waals surface area contributed by atoms with Crippen LogP contribution in [0.15, 0.2) is 27.5 Å². The summed E-state index contributed by atoms with van der Waals surface area (Å²) in [5, 5.41) is 12.0. The fourth-order valence-electron chi connectivity index (χ4n) is 1.56. The number of anilines is 1. The quantitative estimate of drug-likeness (QED) is 0.479. The average molecular weight is 370 g/mol. The first kappa shape index (κ1) is 17.7. The van der Waals surface area contributed by atoms with Crippen molar-refractivity contribution in [2.45, 2.75) is 11.3 Å². The molecule has 0 radical (unpaired) electrons. The van der Waals surface area contributed by atoms with Gasteiger partial charge in [0.2, 0.25) is 11.0 Å². The number of rotatable bonds is 6. The minimum Gasteiger partial charge on any atom is -0.369 e. The maximum Gasteiger partial charge on any atom is 0.234 e. The lowest BCUT2D eigenvalue weighted by Gasteiger charge is -2.07. The van der Waals surface area contributed by atoms with Crippen molar-refractivity contribution in [2.24, 2.45) is 4.99 Å². The molecule has 0 atom stereocenters. The predicted molar refractivity (Wildman–Crippen MR) is 97.3 cm³/mol. The van der Waals surface area contributed by atoms with E-state index in [2.05, 4.69) is 20.5 Å². The lowest BCUT2D eigenvalue weighted by molar-refractivity contribution is -0.113. The second-order valence-corrected chi connectivity index (χ2v) is 7.47. The third-order valence-corrected chi connectivity index (χ3v) is 4.78. The minimum absolute atomic E-state index is 0.103. The molecule has 0 saturated carbocycles. The van der Waals surface area contributed by atoms with E-state index in [9.17, 15) is 4.79 Å². The molecule has 0 saturated heterocycles. The van der Waals surface area contributed by atoms with Crippen molar-refractivity contribution in [3.63, 3.8) is 0 Å². The first-order valence-corrected chi connectivity index (χ1v) is 8.85. The molecule has 0 unspecified atom stereocenters. The number of benzene rings is 1. The molecule has 2 rings (SSSR count). The normalized spacial score (nSPS) is 11.0. The zero-order valence-corrected chi connectivity index (χ0v) is 15.3. The zero-order valence-electron chi connectivity index (χ0n) is 12.9. The molecule has 0 bridgehead atoms. The van der Waals surface area contributed by atoms with Gasteiger partial charge in [0.15, 0.2) is 4.34 Å². The maximum atomic E-state index is 12.0. The summed E-state index contributed by atoms with van der Waals surface area (Å²) in [5.74, 6) is 0.155. The SMILES string of the molecule is Cc1cc(Cl)ccc1NC(=O)CSc1nnc(/N=C/N(C)C)s1. The number of halogens is 1. The van der Waals surface area contributed by atoms with Crippen LogP contribution in [0, 0.1) is 6.92 Å². The topological polar surface area (TPSA) is 70.5 Å². The molecule has 23 heavy (non-hydrogen) atoms. The van der Waals surface area contributed by atoms with Gasteiger partial charge in [0, 0.05) is 24.8 Å². The first-order valence-electron chi connectivity index (χ1n) is 6.67. The highest BCUT2D eigenvalue weighted by Crippen LogP contribution is 2.27. The van der Waals surface area contributed by atoms with Gasteiger partial charge in [-0.3, -0.25) is 4.79 Å². The molecule has 1 heterocycles. The summed E-state index contributed by atoms with van der Waals surface area (Å²) in [5.41, 5.74) is 1.68. The molecule has 1 aromatic heterocycles. The smallest absolute Gasteiger partial charge is 0.234 e. The molecule has 0 aliphatic carbocycles. The van der Waals surface area contributed by atoms with Gasteiger partial charge in [-0.25, -0.2) is 4.99 Å². The third-order valence-electron chi connectivity index (χ3n) is 2.58. The summed E-state index contributed by atoms with van der Waals surface area (Å²) in [7, 11) is 3.76. The number of amides is 1. The van der Waals surface area contributed by atoms with Crippen molar-refractivity contribution in [1.29, 1.82) is 0 Å². The van der Waals surface area contributed by atoms with Crippen LogP contribution in [0.5, 0.6) is 0 Å². The van der Waals surface area contributed by atoms with Gasteiger partial charge < -0.3 is 10.2 Å². The summed E-state index contributed by atoms with van der Waals surface area (Å²) in [4.78, 5) is 18.0. The Morgan fingerprint density at radius 1 is 1.48 bits per heavy atom. The van der Waals surface area contributed by atoms with Crippen LogP contribution < -0.4 is 5.32 Å². The highest BCUT2D eigenvalue weighted by atomic mass is 35.5. The van der Waals surface area contributed by atoms with Gasteiger partial charge in [-0.15, -0.1) is 10.2 Å².